The molecule has 0 amide bonds. The van der Waals surface area contributed by atoms with Gasteiger partial charge in [-0.05, 0) is 38.0 Å². The van der Waals surface area contributed by atoms with Crippen LogP contribution in [0.1, 0.15) is 45.8 Å². The summed E-state index contributed by atoms with van der Waals surface area (Å²) < 4.78 is 6.43. The second kappa shape index (κ2) is 5.55. The summed E-state index contributed by atoms with van der Waals surface area (Å²) in [7, 11) is 0. The maximum atomic E-state index is 12.7. The molecule has 0 saturated carbocycles. The van der Waals surface area contributed by atoms with Crippen molar-refractivity contribution in [3.05, 3.63) is 33.8 Å². The first-order chi connectivity index (χ1) is 11.5. The molecule has 2 aromatic rings. The Bertz CT molecular complexity index is 807. The van der Waals surface area contributed by atoms with Gasteiger partial charge in [-0.2, -0.15) is 0 Å². The van der Waals surface area contributed by atoms with E-state index in [9.17, 15) is 4.79 Å². The summed E-state index contributed by atoms with van der Waals surface area (Å²) in [6.07, 6.45) is 2.15. The second-order valence-electron chi connectivity index (χ2n) is 6.93. The van der Waals surface area contributed by atoms with Crippen LogP contribution in [0.2, 0.25) is 0 Å². The number of fused-ring (bicyclic) bond motifs is 1. The van der Waals surface area contributed by atoms with Crippen LogP contribution in [0.15, 0.2) is 12.1 Å². The lowest BCUT2D eigenvalue weighted by molar-refractivity contribution is 0.0226. The largest absolute Gasteiger partial charge is 0.486 e. The van der Waals surface area contributed by atoms with Crippen LogP contribution < -0.4 is 9.64 Å². The number of hydrogen-bond acceptors (Lipinski definition) is 6. The van der Waals surface area contributed by atoms with Gasteiger partial charge in [-0.3, -0.25) is 4.79 Å². The molecule has 4 rings (SSSR count). The number of benzene rings is 1. The molecule has 0 unspecified atom stereocenters. The maximum absolute atomic E-state index is 12.7. The molecule has 1 saturated heterocycles. The molecule has 0 N–H and O–H groups in total. The van der Waals surface area contributed by atoms with E-state index in [1.807, 2.05) is 26.8 Å². The lowest BCUT2D eigenvalue weighted by Gasteiger charge is -2.44. The molecular weight excluding hydrogens is 322 g/mol. The van der Waals surface area contributed by atoms with Crippen molar-refractivity contribution >= 4 is 22.3 Å². The predicted octanol–water partition coefficient (Wildman–Crippen LogP) is 3.47. The minimum Gasteiger partial charge on any atom is -0.486 e. The molecular formula is C18H21N3O2S. The molecule has 5 nitrogen and oxygen atoms in total. The fourth-order valence-electron chi connectivity index (χ4n) is 3.74. The zero-order valence-electron chi connectivity index (χ0n) is 14.3. The molecule has 3 heterocycles. The highest BCUT2D eigenvalue weighted by Crippen LogP contribution is 2.42. The number of rotatable bonds is 1. The van der Waals surface area contributed by atoms with Gasteiger partial charge >= 0.3 is 0 Å². The molecule has 1 spiro atoms. The van der Waals surface area contributed by atoms with E-state index >= 15 is 0 Å². The van der Waals surface area contributed by atoms with Crippen LogP contribution in [0.3, 0.4) is 0 Å². The normalized spacial score (nSPS) is 19.3. The number of Topliss-reactive ketones (excluding diaryl/α,β-unsaturated/α-hetero) is 1. The Balaban J connectivity index is 1.57. The first kappa shape index (κ1) is 15.6. The van der Waals surface area contributed by atoms with E-state index in [1.54, 1.807) is 11.3 Å². The number of aryl methyl sites for hydroxylation is 3. The lowest BCUT2D eigenvalue weighted by atomic mass is 9.81. The predicted molar refractivity (Wildman–Crippen MR) is 94.3 cm³/mol. The van der Waals surface area contributed by atoms with E-state index in [0.29, 0.717) is 6.42 Å². The topological polar surface area (TPSA) is 55.3 Å². The summed E-state index contributed by atoms with van der Waals surface area (Å²) in [6, 6.07) is 4.04. The van der Waals surface area contributed by atoms with Gasteiger partial charge in [-0.15, -0.1) is 10.2 Å². The van der Waals surface area contributed by atoms with E-state index in [1.165, 1.54) is 0 Å². The minimum atomic E-state index is -0.361. The van der Waals surface area contributed by atoms with Crippen LogP contribution in [-0.2, 0) is 0 Å². The zero-order valence-corrected chi connectivity index (χ0v) is 15.1. The number of hydrogen-bond donors (Lipinski definition) is 0. The van der Waals surface area contributed by atoms with Gasteiger partial charge in [0, 0.05) is 25.9 Å². The number of carbonyl (C=O) groups excluding carboxylic acids is 1. The van der Waals surface area contributed by atoms with Crippen molar-refractivity contribution in [2.45, 2.75) is 45.6 Å². The quantitative estimate of drug-likeness (QED) is 0.793. The molecule has 2 aliphatic heterocycles. The Labute approximate surface area is 145 Å². The third kappa shape index (κ3) is 2.59. The molecule has 0 radical (unpaired) electrons. The Morgan fingerprint density at radius 1 is 1.17 bits per heavy atom. The highest BCUT2D eigenvalue weighted by molar-refractivity contribution is 7.15. The van der Waals surface area contributed by atoms with Crippen LogP contribution in [0, 0.1) is 20.8 Å². The molecule has 0 aliphatic carbocycles. The first-order valence-electron chi connectivity index (χ1n) is 8.34. The van der Waals surface area contributed by atoms with Gasteiger partial charge in [-0.25, -0.2) is 0 Å². The van der Waals surface area contributed by atoms with E-state index in [-0.39, 0.29) is 11.4 Å². The molecule has 0 atom stereocenters. The number of ether oxygens (including phenoxy) is 1. The third-order valence-corrected chi connectivity index (χ3v) is 5.88. The maximum Gasteiger partial charge on any atom is 0.208 e. The standard InChI is InChI=1S/C18H21N3O2S/c1-11-8-12(2)16-14(9-11)15(22)10-18(23-16)4-6-21(7-5-18)17-20-19-13(3)24-17/h8-9H,4-7,10H2,1-3H3. The van der Waals surface area contributed by atoms with Crippen molar-refractivity contribution in [3.8, 4) is 5.75 Å². The molecule has 6 heteroatoms. The third-order valence-electron chi connectivity index (χ3n) is 4.98. The van der Waals surface area contributed by atoms with E-state index < -0.39 is 0 Å². The number of anilines is 1. The monoisotopic (exact) mass is 343 g/mol. The summed E-state index contributed by atoms with van der Waals surface area (Å²) >= 11 is 1.62. The molecule has 24 heavy (non-hydrogen) atoms. The van der Waals surface area contributed by atoms with E-state index in [0.717, 1.165) is 58.5 Å². The molecule has 126 valence electrons. The number of carbonyl (C=O) groups is 1. The van der Waals surface area contributed by atoms with Gasteiger partial charge in [0.05, 0.1) is 12.0 Å². The number of nitrogens with zero attached hydrogens (tertiary/aromatic N) is 3. The summed E-state index contributed by atoms with van der Waals surface area (Å²) in [4.78, 5) is 15.0. The fraction of sp³-hybridized carbons (Fsp3) is 0.500. The molecule has 1 fully saturated rings. The van der Waals surface area contributed by atoms with Gasteiger partial charge in [0.15, 0.2) is 5.78 Å². The molecule has 2 aliphatic rings. The van der Waals surface area contributed by atoms with Crippen molar-refractivity contribution < 1.29 is 9.53 Å². The van der Waals surface area contributed by atoms with Gasteiger partial charge in [0.25, 0.3) is 0 Å². The second-order valence-corrected chi connectivity index (χ2v) is 8.09. The van der Waals surface area contributed by atoms with Gasteiger partial charge in [0.2, 0.25) is 5.13 Å². The Kier molecular flexibility index (Phi) is 3.60. The average Bonchev–Trinajstić information content (AvgIpc) is 2.96. The van der Waals surface area contributed by atoms with Crippen LogP contribution in [-0.4, -0.2) is 34.7 Å². The van der Waals surface area contributed by atoms with E-state index in [2.05, 4.69) is 21.2 Å². The van der Waals surface area contributed by atoms with Crippen LogP contribution >= 0.6 is 11.3 Å². The summed E-state index contributed by atoms with van der Waals surface area (Å²) in [6.45, 7) is 7.71. The lowest BCUT2D eigenvalue weighted by Crippen LogP contribution is -2.51. The Hall–Kier alpha value is -1.95. The average molecular weight is 343 g/mol. The minimum absolute atomic E-state index is 0.211. The van der Waals surface area contributed by atoms with E-state index in [4.69, 9.17) is 4.74 Å². The smallest absolute Gasteiger partial charge is 0.208 e. The van der Waals surface area contributed by atoms with Crippen molar-refractivity contribution in [2.24, 2.45) is 0 Å². The van der Waals surface area contributed by atoms with Gasteiger partial charge in [-0.1, -0.05) is 17.4 Å². The van der Waals surface area contributed by atoms with Crippen molar-refractivity contribution in [1.82, 2.24) is 10.2 Å². The highest BCUT2D eigenvalue weighted by Gasteiger charge is 2.43. The first-order valence-corrected chi connectivity index (χ1v) is 9.16. The zero-order chi connectivity index (χ0) is 16.9. The summed E-state index contributed by atoms with van der Waals surface area (Å²) in [5.41, 5.74) is 2.56. The Morgan fingerprint density at radius 2 is 1.92 bits per heavy atom. The van der Waals surface area contributed by atoms with Crippen LogP contribution in [0.4, 0.5) is 5.13 Å². The SMILES string of the molecule is Cc1cc(C)c2c(c1)C(=O)CC1(CCN(c3nnc(C)s3)CC1)O2. The highest BCUT2D eigenvalue weighted by atomic mass is 32.1. The van der Waals surface area contributed by atoms with Crippen LogP contribution in [0.5, 0.6) is 5.75 Å². The molecule has 0 bridgehead atoms. The summed E-state index contributed by atoms with van der Waals surface area (Å²) in [5, 5.41) is 10.3. The molecule has 1 aromatic heterocycles. The van der Waals surface area contributed by atoms with Crippen molar-refractivity contribution in [3.63, 3.8) is 0 Å². The van der Waals surface area contributed by atoms with Crippen LogP contribution in [0.25, 0.3) is 0 Å². The molecule has 1 aromatic carbocycles. The fourth-order valence-corrected chi connectivity index (χ4v) is 4.47. The Morgan fingerprint density at radius 3 is 2.58 bits per heavy atom. The number of piperidine rings is 1. The van der Waals surface area contributed by atoms with Crippen molar-refractivity contribution in [1.29, 1.82) is 0 Å². The van der Waals surface area contributed by atoms with Gasteiger partial charge in [0.1, 0.15) is 16.4 Å². The number of ketones is 1. The summed E-state index contributed by atoms with van der Waals surface area (Å²) in [5.74, 6) is 1.00. The van der Waals surface area contributed by atoms with Crippen molar-refractivity contribution in [2.75, 3.05) is 18.0 Å². The number of aromatic nitrogens is 2. The van der Waals surface area contributed by atoms with Gasteiger partial charge < -0.3 is 9.64 Å².